The number of rotatable bonds is 9. The lowest BCUT2D eigenvalue weighted by Gasteiger charge is -2.31. The van der Waals surface area contributed by atoms with Gasteiger partial charge in [-0.15, -0.1) is 4.99 Å². The van der Waals surface area contributed by atoms with E-state index in [1.807, 2.05) is 84.9 Å². The van der Waals surface area contributed by atoms with Crippen LogP contribution in [0.1, 0.15) is 38.8 Å². The minimum absolute atomic E-state index is 0.0396. The van der Waals surface area contributed by atoms with Crippen LogP contribution in [-0.4, -0.2) is 71.0 Å². The molecule has 4 N–H and O–H groups in total. The van der Waals surface area contributed by atoms with Crippen molar-refractivity contribution in [2.75, 3.05) is 13.7 Å². The van der Waals surface area contributed by atoms with Crippen LogP contribution in [0.2, 0.25) is 0 Å². The number of amides is 2. The zero-order valence-corrected chi connectivity index (χ0v) is 27.3. The third kappa shape index (κ3) is 8.82. The van der Waals surface area contributed by atoms with Crippen molar-refractivity contribution in [2.45, 2.75) is 51.8 Å². The van der Waals surface area contributed by atoms with E-state index < -0.39 is 47.4 Å². The summed E-state index contributed by atoms with van der Waals surface area (Å²) in [6.07, 6.45) is -0.686. The van der Waals surface area contributed by atoms with Crippen molar-refractivity contribution >= 4 is 56.8 Å². The van der Waals surface area contributed by atoms with Gasteiger partial charge in [-0.25, -0.2) is 9.59 Å². The highest BCUT2D eigenvalue weighted by Gasteiger charge is 2.36. The van der Waals surface area contributed by atoms with Crippen molar-refractivity contribution in [1.29, 1.82) is 5.41 Å². The average Bonchev–Trinajstić information content (AvgIpc) is 3.04. The standard InChI is InChI=1S/C37H40N4O6/c1-7-46-35(44)32(38)40-33(42)30(21-24-16-17-25-12-8-10-14-28(25)20-24)41(6)34(43)31(39-36(45)47-37(3,4)5)23(2)27-19-18-26-13-9-11-15-29(26)22-27/h8-20,22,30-31H,2,7,21H2,1,3-6H3,(H,39,45)(H2,38,40,42)/p+1/t30-,31-/m1/s1. The third-order valence-corrected chi connectivity index (χ3v) is 7.45. The Morgan fingerprint density at radius 2 is 1.51 bits per heavy atom. The van der Waals surface area contributed by atoms with Crippen molar-refractivity contribution in [3.8, 4) is 0 Å². The summed E-state index contributed by atoms with van der Waals surface area (Å²) in [4.78, 5) is 44.9. The molecule has 0 aliphatic heterocycles. The van der Waals surface area contributed by atoms with E-state index in [0.717, 1.165) is 27.1 Å². The maximum absolute atomic E-state index is 14.4. The van der Waals surface area contributed by atoms with Gasteiger partial charge in [0.05, 0.1) is 6.61 Å². The van der Waals surface area contributed by atoms with Gasteiger partial charge < -0.3 is 24.8 Å². The number of ether oxygens (including phenoxy) is 2. The van der Waals surface area contributed by atoms with Gasteiger partial charge in [-0.05, 0) is 72.0 Å². The summed E-state index contributed by atoms with van der Waals surface area (Å²) < 4.78 is 10.4. The lowest BCUT2D eigenvalue weighted by molar-refractivity contribution is -0.135. The van der Waals surface area contributed by atoms with Gasteiger partial charge in [0.2, 0.25) is 5.84 Å². The molecule has 0 aliphatic rings. The van der Waals surface area contributed by atoms with Crippen molar-refractivity contribution in [3.63, 3.8) is 0 Å². The summed E-state index contributed by atoms with van der Waals surface area (Å²) in [5, 5.41) is 23.6. The van der Waals surface area contributed by atoms with Gasteiger partial charge in [0.15, 0.2) is 6.04 Å². The zero-order chi connectivity index (χ0) is 34.3. The second-order valence-corrected chi connectivity index (χ2v) is 12.1. The molecule has 2 atom stereocenters. The van der Waals surface area contributed by atoms with E-state index in [4.69, 9.17) is 20.0 Å². The first-order valence-electron chi connectivity index (χ1n) is 15.2. The molecule has 10 heteroatoms. The van der Waals surface area contributed by atoms with E-state index in [2.05, 4.69) is 16.9 Å². The highest BCUT2D eigenvalue weighted by Crippen LogP contribution is 2.25. The van der Waals surface area contributed by atoms with Gasteiger partial charge in [-0.3, -0.25) is 10.2 Å². The van der Waals surface area contributed by atoms with Crippen LogP contribution in [0.3, 0.4) is 0 Å². The molecule has 2 amide bonds. The third-order valence-electron chi connectivity index (χ3n) is 7.45. The Morgan fingerprint density at radius 1 is 0.936 bits per heavy atom. The van der Waals surface area contributed by atoms with Crippen molar-refractivity contribution in [2.24, 2.45) is 4.99 Å². The molecule has 0 fully saturated rings. The molecule has 0 unspecified atom stereocenters. The Balaban J connectivity index is 1.74. The molecule has 4 aromatic carbocycles. The topological polar surface area (TPSA) is 144 Å². The summed E-state index contributed by atoms with van der Waals surface area (Å²) in [5.74, 6) is -2.74. The molecule has 0 saturated carbocycles. The number of fused-ring (bicyclic) bond motifs is 2. The van der Waals surface area contributed by atoms with Crippen LogP contribution in [0.4, 0.5) is 4.79 Å². The van der Waals surface area contributed by atoms with E-state index in [-0.39, 0.29) is 13.0 Å². The number of nitrogens with zero attached hydrogens (tertiary/aromatic N) is 2. The van der Waals surface area contributed by atoms with Crippen LogP contribution in [-0.2, 0) is 25.5 Å². The quantitative estimate of drug-likeness (QED) is 0.106. The van der Waals surface area contributed by atoms with Crippen LogP contribution in [0, 0.1) is 5.41 Å². The number of aliphatic imine (C=N–C) groups is 1. The fourth-order valence-electron chi connectivity index (χ4n) is 5.08. The number of hydrogen-bond donors (Lipinski definition) is 2. The summed E-state index contributed by atoms with van der Waals surface area (Å²) in [7, 11) is 1.49. The molecular formula is C37H41N4O6+. The van der Waals surface area contributed by atoms with Gasteiger partial charge in [0.25, 0.3) is 5.91 Å². The maximum Gasteiger partial charge on any atom is 0.408 e. The molecule has 0 radical (unpaired) electrons. The molecule has 0 bridgehead atoms. The summed E-state index contributed by atoms with van der Waals surface area (Å²) in [5.41, 5.74) is 0.897. The Hall–Kier alpha value is -5.51. The molecule has 4 aromatic rings. The van der Waals surface area contributed by atoms with Crippen LogP contribution >= 0.6 is 0 Å². The Kier molecular flexibility index (Phi) is 10.8. The number of hydrogen-bond acceptors (Lipinski definition) is 6. The van der Waals surface area contributed by atoms with Crippen LogP contribution < -0.4 is 5.32 Å². The number of benzene rings is 4. The molecule has 47 heavy (non-hydrogen) atoms. The SMILES string of the molecule is C=C(c1ccc2ccccc2c1)[C@@H](NC(=O)OC(C)(C)C)C(=O)N(C)[C@H](Cc1ccc2ccccc2c1)C([OH2+])=NC(=N)C(=O)OCC. The number of nitrogens with one attached hydrogen (secondary N) is 2. The van der Waals surface area contributed by atoms with E-state index >= 15 is 0 Å². The Labute approximate surface area is 274 Å². The monoisotopic (exact) mass is 637 g/mol. The van der Waals surface area contributed by atoms with Crippen molar-refractivity contribution in [1.82, 2.24) is 10.2 Å². The average molecular weight is 638 g/mol. The van der Waals surface area contributed by atoms with Crippen LogP contribution in [0.15, 0.2) is 96.5 Å². The lowest BCUT2D eigenvalue weighted by atomic mass is 9.95. The van der Waals surface area contributed by atoms with Gasteiger partial charge in [0, 0.05) is 13.5 Å². The molecule has 4 rings (SSSR count). The Morgan fingerprint density at radius 3 is 2.11 bits per heavy atom. The van der Waals surface area contributed by atoms with E-state index in [1.165, 1.54) is 11.9 Å². The van der Waals surface area contributed by atoms with E-state index in [1.54, 1.807) is 27.7 Å². The minimum Gasteiger partial charge on any atom is -0.580 e. The van der Waals surface area contributed by atoms with Crippen LogP contribution in [0.25, 0.3) is 27.1 Å². The smallest absolute Gasteiger partial charge is 0.408 e. The first kappa shape index (κ1) is 34.4. The molecule has 0 aliphatic carbocycles. The summed E-state index contributed by atoms with van der Waals surface area (Å²) >= 11 is 0. The predicted molar refractivity (Wildman–Crippen MR) is 186 cm³/mol. The normalized spacial score (nSPS) is 13.0. The van der Waals surface area contributed by atoms with E-state index in [9.17, 15) is 14.4 Å². The van der Waals surface area contributed by atoms with Gasteiger partial charge >= 0.3 is 18.0 Å². The number of carbonyl (C=O) groups is 3. The van der Waals surface area contributed by atoms with Gasteiger partial charge in [-0.2, -0.15) is 0 Å². The molecular weight excluding hydrogens is 596 g/mol. The van der Waals surface area contributed by atoms with Gasteiger partial charge in [0.1, 0.15) is 11.6 Å². The second kappa shape index (κ2) is 14.7. The first-order chi connectivity index (χ1) is 22.3. The molecule has 10 nitrogen and oxygen atoms in total. The highest BCUT2D eigenvalue weighted by molar-refractivity contribution is 6.36. The zero-order valence-electron chi connectivity index (χ0n) is 27.3. The largest absolute Gasteiger partial charge is 0.580 e. The first-order valence-corrected chi connectivity index (χ1v) is 15.2. The minimum atomic E-state index is -1.28. The van der Waals surface area contributed by atoms with Crippen molar-refractivity contribution in [3.05, 3.63) is 103 Å². The lowest BCUT2D eigenvalue weighted by Crippen LogP contribution is -2.54. The molecule has 0 heterocycles. The number of amidine groups is 1. The molecule has 0 aromatic heterocycles. The molecule has 0 spiro atoms. The predicted octanol–water partition coefficient (Wildman–Crippen LogP) is 5.63. The number of carbonyl (C=O) groups excluding carboxylic acids is 3. The number of likely N-dealkylation sites (N-methyl/N-ethyl adjacent to an activating group) is 1. The number of alkyl carbamates (subject to hydrolysis) is 1. The molecule has 0 saturated heterocycles. The summed E-state index contributed by atoms with van der Waals surface area (Å²) in [6, 6.07) is 24.6. The van der Waals surface area contributed by atoms with Crippen LogP contribution in [0.5, 0.6) is 0 Å². The molecule has 244 valence electrons. The number of esters is 1. The Bertz CT molecular complexity index is 1860. The highest BCUT2D eigenvalue weighted by atomic mass is 16.6. The second-order valence-electron chi connectivity index (χ2n) is 12.1. The summed E-state index contributed by atoms with van der Waals surface area (Å²) in [6.45, 7) is 11.0. The fraction of sp³-hybridized carbons (Fsp3) is 0.270. The van der Waals surface area contributed by atoms with E-state index in [0.29, 0.717) is 11.1 Å². The van der Waals surface area contributed by atoms with Crippen molar-refractivity contribution < 1.29 is 29.0 Å². The van der Waals surface area contributed by atoms with Gasteiger partial charge in [-0.1, -0.05) is 85.4 Å². The fourth-order valence-corrected chi connectivity index (χ4v) is 5.08. The maximum atomic E-state index is 14.4.